The molecule has 0 spiro atoms. The molecule has 22 heavy (non-hydrogen) atoms. The molecule has 1 aromatic carbocycles. The Labute approximate surface area is 134 Å². The molecule has 2 rings (SSSR count). The molecule has 122 valence electrons. The van der Waals surface area contributed by atoms with E-state index in [9.17, 15) is 9.18 Å². The second kappa shape index (κ2) is 7.87. The van der Waals surface area contributed by atoms with Crippen LogP contribution in [-0.2, 0) is 16.1 Å². The minimum atomic E-state index is -0.627. The molecule has 1 saturated heterocycles. The zero-order valence-corrected chi connectivity index (χ0v) is 13.4. The second-order valence-electron chi connectivity index (χ2n) is 5.36. The van der Waals surface area contributed by atoms with E-state index in [4.69, 9.17) is 22.1 Å². The Kier molecular flexibility index (Phi) is 6.14. The second-order valence-corrected chi connectivity index (χ2v) is 5.77. The van der Waals surface area contributed by atoms with Crippen LogP contribution >= 0.6 is 11.6 Å². The maximum absolute atomic E-state index is 13.8. The van der Waals surface area contributed by atoms with Crippen molar-refractivity contribution < 1.29 is 13.9 Å². The Balaban J connectivity index is 1.89. The first kappa shape index (κ1) is 17.1. The van der Waals surface area contributed by atoms with Crippen LogP contribution in [0.15, 0.2) is 18.2 Å². The fourth-order valence-corrected chi connectivity index (χ4v) is 2.74. The summed E-state index contributed by atoms with van der Waals surface area (Å²) in [5.74, 6) is -0.404. The molecule has 1 fully saturated rings. The molecule has 7 heteroatoms. The fourth-order valence-electron chi connectivity index (χ4n) is 2.52. The van der Waals surface area contributed by atoms with E-state index in [1.54, 1.807) is 17.0 Å². The van der Waals surface area contributed by atoms with Gasteiger partial charge in [-0.15, -0.1) is 0 Å². The van der Waals surface area contributed by atoms with Crippen molar-refractivity contribution in [2.24, 2.45) is 5.73 Å². The van der Waals surface area contributed by atoms with Crippen LogP contribution < -0.4 is 5.73 Å². The van der Waals surface area contributed by atoms with Gasteiger partial charge in [-0.05, 0) is 12.1 Å². The minimum Gasteiger partial charge on any atom is -0.383 e. The Morgan fingerprint density at radius 1 is 1.41 bits per heavy atom. The van der Waals surface area contributed by atoms with Gasteiger partial charge in [0.2, 0.25) is 5.91 Å². The Hall–Kier alpha value is -1.21. The monoisotopic (exact) mass is 329 g/mol. The molecule has 1 unspecified atom stereocenters. The molecular weight excluding hydrogens is 309 g/mol. The van der Waals surface area contributed by atoms with Crippen molar-refractivity contribution in [3.8, 4) is 0 Å². The van der Waals surface area contributed by atoms with Gasteiger partial charge in [0, 0.05) is 50.4 Å². The summed E-state index contributed by atoms with van der Waals surface area (Å²) >= 11 is 6.04. The van der Waals surface area contributed by atoms with Crippen LogP contribution in [0.4, 0.5) is 4.39 Å². The number of piperazine rings is 1. The molecule has 1 amide bonds. The van der Waals surface area contributed by atoms with Crippen LogP contribution in [0.25, 0.3) is 0 Å². The lowest BCUT2D eigenvalue weighted by molar-refractivity contribution is -0.135. The third-order valence-electron chi connectivity index (χ3n) is 3.79. The van der Waals surface area contributed by atoms with Crippen LogP contribution in [0.2, 0.25) is 5.02 Å². The molecular formula is C15H21ClFN3O2. The van der Waals surface area contributed by atoms with Crippen LogP contribution in [0.5, 0.6) is 0 Å². The number of hydrogen-bond donors (Lipinski definition) is 1. The first-order valence-electron chi connectivity index (χ1n) is 7.21. The van der Waals surface area contributed by atoms with Gasteiger partial charge in [0.1, 0.15) is 11.9 Å². The van der Waals surface area contributed by atoms with Crippen LogP contribution in [-0.4, -0.2) is 61.6 Å². The Bertz CT molecular complexity index is 501. The largest absolute Gasteiger partial charge is 0.383 e. The lowest BCUT2D eigenvalue weighted by atomic mass is 10.1. The van der Waals surface area contributed by atoms with E-state index in [0.717, 1.165) is 0 Å². The van der Waals surface area contributed by atoms with Crippen molar-refractivity contribution in [1.82, 2.24) is 9.80 Å². The van der Waals surface area contributed by atoms with Gasteiger partial charge in [-0.2, -0.15) is 0 Å². The summed E-state index contributed by atoms with van der Waals surface area (Å²) in [5, 5.41) is 0.431. The van der Waals surface area contributed by atoms with E-state index < -0.39 is 6.04 Å². The zero-order chi connectivity index (χ0) is 16.1. The molecule has 1 aliphatic heterocycles. The van der Waals surface area contributed by atoms with Crippen LogP contribution in [0, 0.1) is 5.82 Å². The van der Waals surface area contributed by atoms with E-state index in [-0.39, 0.29) is 18.3 Å². The number of hydrogen-bond acceptors (Lipinski definition) is 4. The number of rotatable bonds is 5. The third kappa shape index (κ3) is 4.16. The van der Waals surface area contributed by atoms with Crippen molar-refractivity contribution in [2.45, 2.75) is 12.6 Å². The third-order valence-corrected chi connectivity index (χ3v) is 4.14. The molecule has 1 heterocycles. The lowest BCUT2D eigenvalue weighted by Gasteiger charge is -2.36. The highest BCUT2D eigenvalue weighted by Gasteiger charge is 2.25. The van der Waals surface area contributed by atoms with Crippen molar-refractivity contribution in [1.29, 1.82) is 0 Å². The van der Waals surface area contributed by atoms with Crippen molar-refractivity contribution in [3.05, 3.63) is 34.6 Å². The van der Waals surface area contributed by atoms with Crippen molar-refractivity contribution in [3.63, 3.8) is 0 Å². The smallest absolute Gasteiger partial charge is 0.241 e. The minimum absolute atomic E-state index is 0.106. The topological polar surface area (TPSA) is 58.8 Å². The summed E-state index contributed by atoms with van der Waals surface area (Å²) in [7, 11) is 1.52. The predicted molar refractivity (Wildman–Crippen MR) is 83.1 cm³/mol. The number of ether oxygens (including phenoxy) is 1. The van der Waals surface area contributed by atoms with Crippen LogP contribution in [0.3, 0.4) is 0 Å². The van der Waals surface area contributed by atoms with Gasteiger partial charge in [-0.1, -0.05) is 17.7 Å². The fraction of sp³-hybridized carbons (Fsp3) is 0.533. The number of nitrogens with zero attached hydrogens (tertiary/aromatic N) is 2. The van der Waals surface area contributed by atoms with Gasteiger partial charge in [-0.25, -0.2) is 4.39 Å². The number of carbonyl (C=O) groups excluding carboxylic acids is 1. The Morgan fingerprint density at radius 3 is 2.68 bits per heavy atom. The average molecular weight is 330 g/mol. The van der Waals surface area contributed by atoms with Gasteiger partial charge in [0.05, 0.1) is 6.61 Å². The SMILES string of the molecule is COCC(N)C(=O)N1CCN(Cc2c(F)cccc2Cl)CC1. The van der Waals surface area contributed by atoms with Crippen LogP contribution in [0.1, 0.15) is 5.56 Å². The summed E-state index contributed by atoms with van der Waals surface area (Å²) in [6.45, 7) is 3.12. The van der Waals surface area contributed by atoms with Gasteiger partial charge in [0.25, 0.3) is 0 Å². The number of nitrogens with two attached hydrogens (primary N) is 1. The summed E-state index contributed by atoms with van der Waals surface area (Å²) < 4.78 is 18.7. The molecule has 1 aromatic rings. The molecule has 0 aromatic heterocycles. The predicted octanol–water partition coefficient (Wildman–Crippen LogP) is 1.10. The molecule has 1 atom stereocenters. The molecule has 0 aliphatic carbocycles. The number of halogens is 2. The molecule has 1 aliphatic rings. The highest BCUT2D eigenvalue weighted by molar-refractivity contribution is 6.31. The summed E-state index contributed by atoms with van der Waals surface area (Å²) in [6, 6.07) is 4.06. The Morgan fingerprint density at radius 2 is 2.09 bits per heavy atom. The first-order valence-corrected chi connectivity index (χ1v) is 7.59. The van der Waals surface area contributed by atoms with Crippen molar-refractivity contribution in [2.75, 3.05) is 39.9 Å². The standard InChI is InChI=1S/C15H21ClFN3O2/c1-22-10-14(18)15(21)20-7-5-19(6-8-20)9-11-12(16)3-2-4-13(11)17/h2-4,14H,5-10,18H2,1H3. The molecule has 0 saturated carbocycles. The van der Waals surface area contributed by atoms with E-state index in [2.05, 4.69) is 4.90 Å². The number of benzene rings is 1. The lowest BCUT2D eigenvalue weighted by Crippen LogP contribution is -2.53. The van der Waals surface area contributed by atoms with Gasteiger partial charge in [0.15, 0.2) is 0 Å². The summed E-state index contributed by atoms with van der Waals surface area (Å²) in [6.07, 6.45) is 0. The van der Waals surface area contributed by atoms with Gasteiger partial charge in [-0.3, -0.25) is 9.69 Å². The normalized spacial score (nSPS) is 17.5. The quantitative estimate of drug-likeness (QED) is 0.879. The number of amides is 1. The molecule has 5 nitrogen and oxygen atoms in total. The van der Waals surface area contributed by atoms with E-state index in [1.807, 2.05) is 0 Å². The zero-order valence-electron chi connectivity index (χ0n) is 12.6. The van der Waals surface area contributed by atoms with Crippen molar-refractivity contribution >= 4 is 17.5 Å². The average Bonchev–Trinajstić information content (AvgIpc) is 2.51. The molecule has 0 radical (unpaired) electrons. The maximum Gasteiger partial charge on any atom is 0.241 e. The van der Waals surface area contributed by atoms with E-state index in [1.165, 1.54) is 13.2 Å². The van der Waals surface area contributed by atoms with Gasteiger partial charge < -0.3 is 15.4 Å². The van der Waals surface area contributed by atoms with E-state index >= 15 is 0 Å². The van der Waals surface area contributed by atoms with E-state index in [0.29, 0.717) is 43.3 Å². The number of carbonyl (C=O) groups is 1. The summed E-state index contributed by atoms with van der Waals surface area (Å²) in [4.78, 5) is 15.9. The van der Waals surface area contributed by atoms with Gasteiger partial charge >= 0.3 is 0 Å². The maximum atomic E-state index is 13.8. The highest BCUT2D eigenvalue weighted by atomic mass is 35.5. The highest BCUT2D eigenvalue weighted by Crippen LogP contribution is 2.21. The number of methoxy groups -OCH3 is 1. The molecule has 0 bridgehead atoms. The first-order chi connectivity index (χ1) is 10.5. The summed E-state index contributed by atoms with van der Waals surface area (Å²) in [5.41, 5.74) is 6.26. The molecule has 2 N–H and O–H groups in total.